The average Bonchev–Trinajstić information content (AvgIpc) is 3.23. The summed E-state index contributed by atoms with van der Waals surface area (Å²) in [4.78, 5) is 54.6. The largest absolute Gasteiger partial charge is 0.508 e. The van der Waals surface area contributed by atoms with Crippen LogP contribution in [0.15, 0.2) is 5.16 Å². The Labute approximate surface area is 433 Å². The van der Waals surface area contributed by atoms with Crippen molar-refractivity contribution < 1.29 is 89.7 Å². The quantitative estimate of drug-likeness (QED) is 0.0149. The smallest absolute Gasteiger partial charge is 0.464 e. The van der Waals surface area contributed by atoms with Crippen LogP contribution in [0.5, 0.6) is 0 Å². The number of hydrogen-bond donors (Lipinski definition) is 4. The predicted molar refractivity (Wildman–Crippen MR) is 276 cm³/mol. The van der Waals surface area contributed by atoms with Gasteiger partial charge in [-0.15, -0.1) is 0 Å². The number of amides is 1. The lowest BCUT2D eigenvalue weighted by Crippen LogP contribution is -2.37. The molecule has 0 bridgehead atoms. The minimum Gasteiger partial charge on any atom is -0.464 e. The number of sulfonamides is 1. The van der Waals surface area contributed by atoms with E-state index in [-0.39, 0.29) is 110 Å². The number of oxime groups is 1. The van der Waals surface area contributed by atoms with Crippen LogP contribution in [0.4, 0.5) is 4.79 Å². The maximum atomic E-state index is 11.3. The normalized spacial score (nSPS) is 12.2. The van der Waals surface area contributed by atoms with Crippen LogP contribution in [-0.2, 0) is 81.3 Å². The van der Waals surface area contributed by atoms with E-state index in [0.29, 0.717) is 33.0 Å². The van der Waals surface area contributed by atoms with Gasteiger partial charge in [0.15, 0.2) is 5.84 Å². The van der Waals surface area contributed by atoms with Crippen LogP contribution in [0.2, 0.25) is 0 Å². The molecule has 0 fully saturated rings. The van der Waals surface area contributed by atoms with Gasteiger partial charge < -0.3 is 68.8 Å². The molecule has 0 radical (unpaired) electrons. The molecule has 2 atom stereocenters. The fourth-order valence-corrected chi connectivity index (χ4v) is 3.87. The highest BCUT2D eigenvalue weighted by Crippen LogP contribution is 2.07. The van der Waals surface area contributed by atoms with Gasteiger partial charge in [-0.05, 0) is 124 Å². The number of hydrogen-bond acceptors (Lipinski definition) is 21. The first kappa shape index (κ1) is 79.5. The number of carbonyl (C=O) groups excluding carboxylic acids is 5. The van der Waals surface area contributed by atoms with E-state index in [0.717, 1.165) is 6.26 Å². The van der Waals surface area contributed by atoms with Crippen molar-refractivity contribution in [3.8, 4) is 0 Å². The first-order valence-electron chi connectivity index (χ1n) is 24.1. The second-order valence-electron chi connectivity index (χ2n) is 18.6. The van der Waals surface area contributed by atoms with Crippen LogP contribution in [0.25, 0.3) is 0 Å². The van der Waals surface area contributed by atoms with Crippen molar-refractivity contribution in [1.82, 2.24) is 4.72 Å². The van der Waals surface area contributed by atoms with Crippen LogP contribution in [0, 0.1) is 11.8 Å². The van der Waals surface area contributed by atoms with Gasteiger partial charge in [-0.3, -0.25) is 19.1 Å². The lowest BCUT2D eigenvalue weighted by atomic mass is 10.1. The third-order valence-electron chi connectivity index (χ3n) is 6.78. The molecular weight excluding hydrogens is 969 g/mol. The van der Waals surface area contributed by atoms with Gasteiger partial charge in [-0.1, -0.05) is 32.9 Å². The summed E-state index contributed by atoms with van der Waals surface area (Å²) in [6.07, 6.45) is 0.305. The lowest BCUT2D eigenvalue weighted by molar-refractivity contribution is -0.150. The van der Waals surface area contributed by atoms with Gasteiger partial charge in [0, 0.05) is 0 Å². The number of esters is 3. The molecule has 0 aromatic heterocycles. The van der Waals surface area contributed by atoms with Crippen LogP contribution in [0.1, 0.15) is 145 Å². The zero-order chi connectivity index (χ0) is 57.8. The van der Waals surface area contributed by atoms with E-state index in [9.17, 15) is 32.4 Å². The summed E-state index contributed by atoms with van der Waals surface area (Å²) in [7, 11) is -3.45. The maximum Gasteiger partial charge on any atom is 0.508 e. The highest BCUT2D eigenvalue weighted by atomic mass is 32.2. The number of amidine groups is 1. The van der Waals surface area contributed by atoms with Gasteiger partial charge in [0.2, 0.25) is 10.0 Å². The zero-order valence-electron chi connectivity index (χ0n) is 47.9. The third kappa shape index (κ3) is 75.0. The predicted octanol–water partition coefficient (Wildman–Crippen LogP) is 5.92. The number of ether oxygens (including phenoxy) is 11. The van der Waals surface area contributed by atoms with Crippen LogP contribution >= 0.6 is 0 Å². The SMILES string of the molecule is CC(C)C(N)C(=O)OCCOC(C)(C)C.CC(C)OC/C(N)=N/O.CC(C)OCC(=O)NS(C)(=O)=O.CC(C)OCC(C)OC(=O)OC(C)C.CC(C)OCCOC(=O)C(C)C.CCOC(=O)COC(C)C. The minimum absolute atomic E-state index is 0.0518. The summed E-state index contributed by atoms with van der Waals surface area (Å²) in [5.74, 6) is -1.32. The van der Waals surface area contributed by atoms with Crippen molar-refractivity contribution in [2.75, 3.05) is 65.7 Å². The Balaban J connectivity index is -0.000000183. The molecule has 2 unspecified atom stereocenters. The highest BCUT2D eigenvalue weighted by molar-refractivity contribution is 7.89. The summed E-state index contributed by atoms with van der Waals surface area (Å²) in [5.41, 5.74) is 10.5. The Morgan fingerprint density at radius 2 is 1.04 bits per heavy atom. The molecular formula is C48H100N4O19S. The molecule has 24 heteroatoms. The van der Waals surface area contributed by atoms with E-state index < -0.39 is 28.1 Å². The lowest BCUT2D eigenvalue weighted by Gasteiger charge is -2.20. The van der Waals surface area contributed by atoms with E-state index in [4.69, 9.17) is 64.0 Å². The summed E-state index contributed by atoms with van der Waals surface area (Å²) in [6, 6.07) is -0.542. The fraction of sp³-hybridized carbons (Fsp3) is 0.875. The van der Waals surface area contributed by atoms with Gasteiger partial charge in [-0.2, -0.15) is 0 Å². The second-order valence-corrected chi connectivity index (χ2v) is 20.4. The number of nitrogens with one attached hydrogen (secondary N) is 1. The van der Waals surface area contributed by atoms with Gasteiger partial charge in [0.25, 0.3) is 5.91 Å². The number of carbonyl (C=O) groups is 5. The topological polar surface area (TPSA) is 318 Å². The second kappa shape index (κ2) is 48.1. The minimum atomic E-state index is -3.45. The van der Waals surface area contributed by atoms with Crippen LogP contribution < -0.4 is 16.2 Å². The fourth-order valence-electron chi connectivity index (χ4n) is 3.39. The Kier molecular flexibility index (Phi) is 53.1. The Morgan fingerprint density at radius 1 is 0.597 bits per heavy atom. The summed E-state index contributed by atoms with van der Waals surface area (Å²) in [5, 5.41) is 10.8. The van der Waals surface area contributed by atoms with Crippen molar-refractivity contribution in [1.29, 1.82) is 0 Å². The molecule has 0 heterocycles. The summed E-state index contributed by atoms with van der Waals surface area (Å²) >= 11 is 0. The number of nitrogens with zero attached hydrogens (tertiary/aromatic N) is 1. The first-order valence-corrected chi connectivity index (χ1v) is 26.0. The molecule has 6 N–H and O–H groups in total. The summed E-state index contributed by atoms with van der Waals surface area (Å²) < 4.78 is 77.7. The van der Waals surface area contributed by atoms with E-state index in [1.807, 2.05) is 104 Å². The molecule has 0 aliphatic carbocycles. The molecule has 23 nitrogen and oxygen atoms in total. The Hall–Kier alpha value is -3.91. The third-order valence-corrected chi connectivity index (χ3v) is 7.38. The molecule has 0 spiro atoms. The number of rotatable bonds is 26. The van der Waals surface area contributed by atoms with E-state index in [1.165, 1.54) is 0 Å². The van der Waals surface area contributed by atoms with E-state index in [1.54, 1.807) is 46.3 Å². The maximum absolute atomic E-state index is 11.3. The number of nitrogens with two attached hydrogens (primary N) is 2. The van der Waals surface area contributed by atoms with Crippen molar-refractivity contribution in [3.05, 3.63) is 0 Å². The standard InChI is InChI=1S/C11H23NO3.C10H20O4.C9H18O3.C7H14O3.C6H13NO4S.C5H12N2O2/c1-8(2)9(12)10(13)14-6-7-15-11(3,4)5;1-7(2)12-6-9(5)14-10(11)13-8(3)4;1-7(2)9(10)12-6-5-11-8(3)4;1-4-9-7(8)5-10-6(2)3;1-5(2)11-4-6(8)7-12(3,9)10;1-4(2)9-3-5(6)7-8/h8-9H,6-7,12H2,1-5H3;7-9H,6H2,1-5H3;7-8H,5-6H2,1-4H3;6H,4-5H2,1-3H3;5H,4H2,1-3H3,(H,7,8);4,8H,3H2,1-2H3,(H2,6,7). The molecule has 0 aliphatic rings. The molecule has 0 rings (SSSR count). The average molecular weight is 1070 g/mol. The van der Waals surface area contributed by atoms with Gasteiger partial charge in [-0.25, -0.2) is 18.0 Å². The molecule has 72 heavy (non-hydrogen) atoms. The van der Waals surface area contributed by atoms with Crippen molar-refractivity contribution in [3.63, 3.8) is 0 Å². The monoisotopic (exact) mass is 1070 g/mol. The molecule has 0 saturated carbocycles. The molecule has 432 valence electrons. The Bertz CT molecular complexity index is 1500. The Morgan fingerprint density at radius 3 is 1.43 bits per heavy atom. The van der Waals surface area contributed by atoms with E-state index >= 15 is 0 Å². The first-order chi connectivity index (χ1) is 32.8. The van der Waals surface area contributed by atoms with Gasteiger partial charge in [0.05, 0.1) is 80.8 Å². The summed E-state index contributed by atoms with van der Waals surface area (Å²) in [6.45, 7) is 41.5. The van der Waals surface area contributed by atoms with Crippen LogP contribution in [-0.4, -0.2) is 170 Å². The molecule has 0 aromatic rings. The molecule has 0 aromatic carbocycles. The van der Waals surface area contributed by atoms with Crippen molar-refractivity contribution in [2.24, 2.45) is 28.5 Å². The molecule has 0 aliphatic heterocycles. The highest BCUT2D eigenvalue weighted by Gasteiger charge is 2.19. The zero-order valence-corrected chi connectivity index (χ0v) is 48.8. The van der Waals surface area contributed by atoms with Crippen molar-refractivity contribution in [2.45, 2.75) is 200 Å². The molecule has 0 saturated heterocycles. The van der Waals surface area contributed by atoms with Gasteiger partial charge >= 0.3 is 24.1 Å². The van der Waals surface area contributed by atoms with Gasteiger partial charge in [0.1, 0.15) is 45.2 Å². The molecule has 1 amide bonds. The van der Waals surface area contributed by atoms with Crippen LogP contribution in [0.3, 0.4) is 0 Å². The van der Waals surface area contributed by atoms with Crippen molar-refractivity contribution >= 4 is 45.8 Å². The van der Waals surface area contributed by atoms with E-state index in [2.05, 4.69) is 9.89 Å².